The summed E-state index contributed by atoms with van der Waals surface area (Å²) < 4.78 is 0. The number of likely N-dealkylation sites (N-methyl/N-ethyl adjacent to an activating group) is 2. The highest BCUT2D eigenvalue weighted by molar-refractivity contribution is 6.01. The van der Waals surface area contributed by atoms with Crippen LogP contribution in [-0.4, -0.2) is 60.0 Å². The molecule has 104 valence electrons. The van der Waals surface area contributed by atoms with Crippen LogP contribution in [0.5, 0.6) is 0 Å². The van der Waals surface area contributed by atoms with E-state index in [-0.39, 0.29) is 11.7 Å². The molecule has 1 fully saturated rings. The van der Waals surface area contributed by atoms with Gasteiger partial charge in [-0.25, -0.2) is 0 Å². The van der Waals surface area contributed by atoms with Crippen LogP contribution in [-0.2, 0) is 4.79 Å². The van der Waals surface area contributed by atoms with Crippen LogP contribution in [0.1, 0.15) is 26.2 Å². The zero-order valence-corrected chi connectivity index (χ0v) is 11.5. The van der Waals surface area contributed by atoms with E-state index in [2.05, 4.69) is 17.1 Å². The predicted molar refractivity (Wildman–Crippen MR) is 70.5 cm³/mol. The Morgan fingerprint density at radius 3 is 2.78 bits per heavy atom. The summed E-state index contributed by atoms with van der Waals surface area (Å²) in [5.74, 6) is -0.603. The van der Waals surface area contributed by atoms with Crippen molar-refractivity contribution in [3.8, 4) is 0 Å². The van der Waals surface area contributed by atoms with Crippen LogP contribution in [0.15, 0.2) is 5.16 Å². The van der Waals surface area contributed by atoms with E-state index in [1.807, 2.05) is 6.92 Å². The Bertz CT molecular complexity index is 319. The number of rotatable bonds is 5. The molecular formula is C12H24N4O2. The molecule has 6 heteroatoms. The molecule has 0 aliphatic carbocycles. The van der Waals surface area contributed by atoms with Gasteiger partial charge in [-0.3, -0.25) is 4.79 Å². The first-order chi connectivity index (χ1) is 8.51. The van der Waals surface area contributed by atoms with E-state index in [0.29, 0.717) is 19.0 Å². The highest BCUT2D eigenvalue weighted by atomic mass is 16.4. The van der Waals surface area contributed by atoms with Gasteiger partial charge in [0.1, 0.15) is 0 Å². The first-order valence-corrected chi connectivity index (χ1v) is 6.43. The summed E-state index contributed by atoms with van der Waals surface area (Å²) in [5, 5.41) is 11.6. The quantitative estimate of drug-likeness (QED) is 0.321. The van der Waals surface area contributed by atoms with E-state index in [1.165, 1.54) is 6.42 Å². The molecule has 0 spiro atoms. The van der Waals surface area contributed by atoms with Crippen molar-refractivity contribution in [2.45, 2.75) is 32.2 Å². The normalized spacial score (nSPS) is 23.1. The first kappa shape index (κ1) is 14.8. The van der Waals surface area contributed by atoms with Crippen LogP contribution in [0.25, 0.3) is 0 Å². The molecule has 2 unspecified atom stereocenters. The maximum absolute atomic E-state index is 12.2. The minimum atomic E-state index is -0.522. The molecule has 0 aromatic carbocycles. The Hall–Kier alpha value is -1.30. The number of amides is 1. The Kier molecular flexibility index (Phi) is 5.40. The predicted octanol–water partition coefficient (Wildman–Crippen LogP) is 0.312. The van der Waals surface area contributed by atoms with Gasteiger partial charge in [0.25, 0.3) is 0 Å². The van der Waals surface area contributed by atoms with Crippen LogP contribution in [0.3, 0.4) is 0 Å². The van der Waals surface area contributed by atoms with E-state index in [0.717, 1.165) is 13.0 Å². The second-order valence-corrected chi connectivity index (χ2v) is 4.98. The Balaban J connectivity index is 2.59. The van der Waals surface area contributed by atoms with Gasteiger partial charge in [-0.2, -0.15) is 0 Å². The van der Waals surface area contributed by atoms with Gasteiger partial charge in [0.15, 0.2) is 5.84 Å². The SMILES string of the molecule is CCC(C(=O)N(C)CC1CCCN1C)C(N)=NO. The van der Waals surface area contributed by atoms with E-state index in [1.54, 1.807) is 11.9 Å². The third-order valence-electron chi connectivity index (χ3n) is 3.71. The lowest BCUT2D eigenvalue weighted by Crippen LogP contribution is -2.45. The summed E-state index contributed by atoms with van der Waals surface area (Å²) in [4.78, 5) is 16.2. The van der Waals surface area contributed by atoms with E-state index < -0.39 is 5.92 Å². The number of carbonyl (C=O) groups excluding carboxylic acids is 1. The van der Waals surface area contributed by atoms with Crippen molar-refractivity contribution < 1.29 is 10.0 Å². The van der Waals surface area contributed by atoms with Gasteiger partial charge < -0.3 is 20.7 Å². The first-order valence-electron chi connectivity index (χ1n) is 6.43. The molecule has 1 rings (SSSR count). The molecular weight excluding hydrogens is 232 g/mol. The highest BCUT2D eigenvalue weighted by Crippen LogP contribution is 2.16. The number of likely N-dealkylation sites (tertiary alicyclic amines) is 1. The summed E-state index contributed by atoms with van der Waals surface area (Å²) in [6.07, 6.45) is 2.84. The van der Waals surface area contributed by atoms with Crippen molar-refractivity contribution in [1.82, 2.24) is 9.80 Å². The van der Waals surface area contributed by atoms with Gasteiger partial charge in [-0.05, 0) is 32.9 Å². The summed E-state index contributed by atoms with van der Waals surface area (Å²) in [6.45, 7) is 3.64. The fourth-order valence-corrected chi connectivity index (χ4v) is 2.46. The van der Waals surface area contributed by atoms with Crippen molar-refractivity contribution in [3.05, 3.63) is 0 Å². The smallest absolute Gasteiger partial charge is 0.233 e. The minimum absolute atomic E-state index is 0.00544. The van der Waals surface area contributed by atoms with Crippen LogP contribution in [0.2, 0.25) is 0 Å². The molecule has 2 atom stereocenters. The van der Waals surface area contributed by atoms with Gasteiger partial charge in [0.2, 0.25) is 5.91 Å². The number of oxime groups is 1. The van der Waals surface area contributed by atoms with Gasteiger partial charge >= 0.3 is 0 Å². The standard InChI is InChI=1S/C12H24N4O2/c1-4-10(11(13)14-18)12(17)16(3)8-9-6-5-7-15(9)2/h9-10,18H,4-8H2,1-3H3,(H2,13,14). The Labute approximate surface area is 108 Å². The third kappa shape index (κ3) is 3.35. The molecule has 0 aromatic heterocycles. The Morgan fingerprint density at radius 1 is 1.67 bits per heavy atom. The molecule has 1 amide bonds. The molecule has 0 bridgehead atoms. The van der Waals surface area contributed by atoms with Gasteiger partial charge in [0, 0.05) is 19.6 Å². The topological polar surface area (TPSA) is 82.2 Å². The van der Waals surface area contributed by atoms with Crippen molar-refractivity contribution in [1.29, 1.82) is 0 Å². The van der Waals surface area contributed by atoms with Gasteiger partial charge in [-0.1, -0.05) is 12.1 Å². The fourth-order valence-electron chi connectivity index (χ4n) is 2.46. The van der Waals surface area contributed by atoms with E-state index in [4.69, 9.17) is 10.9 Å². The molecule has 1 aliphatic heterocycles. The molecule has 6 nitrogen and oxygen atoms in total. The number of carbonyl (C=O) groups is 1. The summed E-state index contributed by atoms with van der Waals surface area (Å²) in [7, 11) is 3.86. The van der Waals surface area contributed by atoms with E-state index in [9.17, 15) is 4.79 Å². The fraction of sp³-hybridized carbons (Fsp3) is 0.833. The van der Waals surface area contributed by atoms with Crippen molar-refractivity contribution in [2.24, 2.45) is 16.8 Å². The second kappa shape index (κ2) is 6.58. The lowest BCUT2D eigenvalue weighted by Gasteiger charge is -2.28. The lowest BCUT2D eigenvalue weighted by atomic mass is 10.0. The largest absolute Gasteiger partial charge is 0.409 e. The number of nitrogens with two attached hydrogens (primary N) is 1. The average molecular weight is 256 g/mol. The van der Waals surface area contributed by atoms with Gasteiger partial charge in [0.05, 0.1) is 5.92 Å². The highest BCUT2D eigenvalue weighted by Gasteiger charge is 2.28. The number of hydrogen-bond donors (Lipinski definition) is 2. The Morgan fingerprint density at radius 2 is 2.33 bits per heavy atom. The van der Waals surface area contributed by atoms with Crippen molar-refractivity contribution in [3.63, 3.8) is 0 Å². The average Bonchev–Trinajstić information content (AvgIpc) is 2.75. The summed E-state index contributed by atoms with van der Waals surface area (Å²) in [5.41, 5.74) is 5.54. The van der Waals surface area contributed by atoms with Crippen LogP contribution in [0.4, 0.5) is 0 Å². The number of nitrogens with zero attached hydrogens (tertiary/aromatic N) is 3. The monoisotopic (exact) mass is 256 g/mol. The molecule has 0 saturated carbocycles. The lowest BCUT2D eigenvalue weighted by molar-refractivity contribution is -0.132. The molecule has 0 radical (unpaired) electrons. The zero-order valence-electron chi connectivity index (χ0n) is 11.5. The maximum Gasteiger partial charge on any atom is 0.233 e. The van der Waals surface area contributed by atoms with Gasteiger partial charge in [-0.15, -0.1) is 0 Å². The van der Waals surface area contributed by atoms with E-state index >= 15 is 0 Å². The van der Waals surface area contributed by atoms with Crippen LogP contribution >= 0.6 is 0 Å². The molecule has 1 heterocycles. The van der Waals surface area contributed by atoms with Crippen molar-refractivity contribution in [2.75, 3.05) is 27.2 Å². The maximum atomic E-state index is 12.2. The summed E-state index contributed by atoms with van der Waals surface area (Å²) >= 11 is 0. The third-order valence-corrected chi connectivity index (χ3v) is 3.71. The number of amidine groups is 1. The zero-order chi connectivity index (χ0) is 13.7. The molecule has 0 aromatic rings. The second-order valence-electron chi connectivity index (χ2n) is 4.98. The van der Waals surface area contributed by atoms with Crippen molar-refractivity contribution >= 4 is 11.7 Å². The molecule has 18 heavy (non-hydrogen) atoms. The number of hydrogen-bond acceptors (Lipinski definition) is 4. The summed E-state index contributed by atoms with van der Waals surface area (Å²) in [6, 6.07) is 0.420. The molecule has 3 N–H and O–H groups in total. The minimum Gasteiger partial charge on any atom is -0.409 e. The molecule has 1 aliphatic rings. The van der Waals surface area contributed by atoms with Crippen LogP contribution in [0, 0.1) is 5.92 Å². The molecule has 1 saturated heterocycles. The van der Waals surface area contributed by atoms with Crippen LogP contribution < -0.4 is 5.73 Å².